The molecular formula is C9H4ClF5N2. The summed E-state index contributed by atoms with van der Waals surface area (Å²) in [5.41, 5.74) is -3.77. The van der Waals surface area contributed by atoms with Gasteiger partial charge in [0.25, 0.3) is 6.43 Å². The Labute approximate surface area is 97.6 Å². The Kier molecular flexibility index (Phi) is 3.88. The lowest BCUT2D eigenvalue weighted by Crippen LogP contribution is -2.14. The molecule has 0 aliphatic carbocycles. The van der Waals surface area contributed by atoms with Crippen LogP contribution < -0.4 is 0 Å². The average molecular weight is 271 g/mol. The lowest BCUT2D eigenvalue weighted by Gasteiger charge is -2.13. The SMILES string of the molecule is N#Cc1cc(C(F)F)nc(C(F)(F)F)c1CCl. The third kappa shape index (κ3) is 2.82. The molecule has 92 valence electrons. The van der Waals surface area contributed by atoms with Gasteiger partial charge in [0.2, 0.25) is 0 Å². The third-order valence-corrected chi connectivity index (χ3v) is 2.16. The highest BCUT2D eigenvalue weighted by molar-refractivity contribution is 6.17. The zero-order chi connectivity index (χ0) is 13.2. The van der Waals surface area contributed by atoms with Crippen LogP contribution in [0, 0.1) is 11.3 Å². The number of nitrogens with zero attached hydrogens (tertiary/aromatic N) is 2. The summed E-state index contributed by atoms with van der Waals surface area (Å²) < 4.78 is 62.2. The smallest absolute Gasteiger partial charge is 0.242 e. The highest BCUT2D eigenvalue weighted by Gasteiger charge is 2.37. The second-order valence-corrected chi connectivity index (χ2v) is 3.23. The van der Waals surface area contributed by atoms with Crippen molar-refractivity contribution in [3.05, 3.63) is 28.6 Å². The highest BCUT2D eigenvalue weighted by Crippen LogP contribution is 2.34. The van der Waals surface area contributed by atoms with Crippen LogP contribution >= 0.6 is 11.6 Å². The van der Waals surface area contributed by atoms with Crippen LogP contribution in [-0.4, -0.2) is 4.98 Å². The van der Waals surface area contributed by atoms with Gasteiger partial charge in [-0.05, 0) is 6.07 Å². The third-order valence-electron chi connectivity index (χ3n) is 1.89. The van der Waals surface area contributed by atoms with E-state index in [2.05, 4.69) is 4.98 Å². The molecule has 0 bridgehead atoms. The lowest BCUT2D eigenvalue weighted by molar-refractivity contribution is -0.142. The van der Waals surface area contributed by atoms with Crippen molar-refractivity contribution in [2.24, 2.45) is 0 Å². The number of halogens is 6. The Morgan fingerprint density at radius 1 is 1.41 bits per heavy atom. The van der Waals surface area contributed by atoms with Crippen LogP contribution in [0.25, 0.3) is 0 Å². The van der Waals surface area contributed by atoms with Crippen molar-refractivity contribution in [2.45, 2.75) is 18.5 Å². The number of hydrogen-bond donors (Lipinski definition) is 0. The first-order chi connectivity index (χ1) is 7.81. The van der Waals surface area contributed by atoms with Gasteiger partial charge >= 0.3 is 6.18 Å². The average Bonchev–Trinajstić information content (AvgIpc) is 2.25. The fourth-order valence-corrected chi connectivity index (χ4v) is 1.44. The lowest BCUT2D eigenvalue weighted by atomic mass is 10.1. The first-order valence-electron chi connectivity index (χ1n) is 4.16. The highest BCUT2D eigenvalue weighted by atomic mass is 35.5. The molecule has 8 heteroatoms. The summed E-state index contributed by atoms with van der Waals surface area (Å²) in [6.45, 7) is 0. The van der Waals surface area contributed by atoms with E-state index in [1.165, 1.54) is 6.07 Å². The van der Waals surface area contributed by atoms with Gasteiger partial charge in [-0.2, -0.15) is 18.4 Å². The predicted molar refractivity (Wildman–Crippen MR) is 48.5 cm³/mol. The number of pyridine rings is 1. The number of aromatic nitrogens is 1. The fourth-order valence-electron chi connectivity index (χ4n) is 1.17. The van der Waals surface area contributed by atoms with Gasteiger partial charge in [-0.25, -0.2) is 13.8 Å². The summed E-state index contributed by atoms with van der Waals surface area (Å²) in [5.74, 6) is -0.631. The Hall–Kier alpha value is -1.42. The summed E-state index contributed by atoms with van der Waals surface area (Å²) in [6.07, 6.45) is -8.12. The second-order valence-electron chi connectivity index (χ2n) is 2.97. The van der Waals surface area contributed by atoms with Gasteiger partial charge < -0.3 is 0 Å². The molecule has 0 saturated heterocycles. The molecule has 0 aliphatic heterocycles. The molecule has 0 atom stereocenters. The van der Waals surface area contributed by atoms with E-state index in [0.29, 0.717) is 6.07 Å². The maximum atomic E-state index is 12.5. The van der Waals surface area contributed by atoms with Crippen LogP contribution in [0.5, 0.6) is 0 Å². The number of alkyl halides is 6. The molecule has 1 aromatic heterocycles. The van der Waals surface area contributed by atoms with Crippen LogP contribution in [0.4, 0.5) is 22.0 Å². The standard InChI is InChI=1S/C9H4ClF5N2/c10-2-5-4(3-16)1-6(8(11)12)17-7(5)9(13,14)15/h1,8H,2H2. The van der Waals surface area contributed by atoms with Gasteiger partial charge in [0.15, 0.2) is 5.69 Å². The minimum Gasteiger partial charge on any atom is -0.242 e. The summed E-state index contributed by atoms with van der Waals surface area (Å²) in [7, 11) is 0. The molecule has 0 saturated carbocycles. The van der Waals surface area contributed by atoms with Crippen molar-refractivity contribution in [2.75, 3.05) is 0 Å². The zero-order valence-corrected chi connectivity index (χ0v) is 8.78. The molecule has 0 N–H and O–H groups in total. The van der Waals surface area contributed by atoms with Gasteiger partial charge in [-0.15, -0.1) is 11.6 Å². The van der Waals surface area contributed by atoms with E-state index >= 15 is 0 Å². The van der Waals surface area contributed by atoms with Crippen molar-refractivity contribution in [3.63, 3.8) is 0 Å². The molecule has 0 aromatic carbocycles. The molecule has 1 heterocycles. The quantitative estimate of drug-likeness (QED) is 0.607. The maximum Gasteiger partial charge on any atom is 0.433 e. The molecule has 0 fully saturated rings. The van der Waals surface area contributed by atoms with Gasteiger partial charge in [0.05, 0.1) is 17.5 Å². The molecule has 1 rings (SSSR count). The van der Waals surface area contributed by atoms with Crippen LogP contribution in [0.1, 0.15) is 28.9 Å². The first kappa shape index (κ1) is 13.6. The molecule has 0 unspecified atom stereocenters. The first-order valence-corrected chi connectivity index (χ1v) is 4.70. The molecule has 17 heavy (non-hydrogen) atoms. The minimum atomic E-state index is -4.93. The normalized spacial score (nSPS) is 11.6. The summed E-state index contributed by atoms with van der Waals surface area (Å²) in [6, 6.07) is 2.01. The van der Waals surface area contributed by atoms with Gasteiger partial charge in [0, 0.05) is 5.56 Å². The van der Waals surface area contributed by atoms with E-state index in [4.69, 9.17) is 16.9 Å². The second kappa shape index (κ2) is 4.84. The van der Waals surface area contributed by atoms with Gasteiger partial charge in [-0.1, -0.05) is 0 Å². The molecule has 0 aliphatic rings. The number of rotatable bonds is 2. The number of hydrogen-bond acceptors (Lipinski definition) is 2. The maximum absolute atomic E-state index is 12.5. The monoisotopic (exact) mass is 270 g/mol. The largest absolute Gasteiger partial charge is 0.433 e. The van der Waals surface area contributed by atoms with Crippen LogP contribution in [-0.2, 0) is 12.1 Å². The minimum absolute atomic E-state index is 0.544. The van der Waals surface area contributed by atoms with Gasteiger partial charge in [-0.3, -0.25) is 0 Å². The Morgan fingerprint density at radius 2 is 2.00 bits per heavy atom. The van der Waals surface area contributed by atoms with Crippen LogP contribution in [0.2, 0.25) is 0 Å². The van der Waals surface area contributed by atoms with E-state index < -0.39 is 41.0 Å². The Balaban J connectivity index is 3.56. The topological polar surface area (TPSA) is 36.7 Å². The van der Waals surface area contributed by atoms with E-state index in [-0.39, 0.29) is 0 Å². The molecule has 2 nitrogen and oxygen atoms in total. The summed E-state index contributed by atoms with van der Waals surface area (Å²) in [5, 5.41) is 8.60. The summed E-state index contributed by atoms with van der Waals surface area (Å²) >= 11 is 5.28. The Bertz CT molecular complexity index is 464. The summed E-state index contributed by atoms with van der Waals surface area (Å²) in [4.78, 5) is 2.81. The number of nitriles is 1. The van der Waals surface area contributed by atoms with Crippen molar-refractivity contribution < 1.29 is 22.0 Å². The van der Waals surface area contributed by atoms with Crippen LogP contribution in [0.3, 0.4) is 0 Å². The van der Waals surface area contributed by atoms with Crippen molar-refractivity contribution in [1.29, 1.82) is 5.26 Å². The van der Waals surface area contributed by atoms with E-state index in [9.17, 15) is 22.0 Å². The van der Waals surface area contributed by atoms with E-state index in [1.54, 1.807) is 0 Å². The van der Waals surface area contributed by atoms with Crippen LogP contribution in [0.15, 0.2) is 6.07 Å². The molecular weight excluding hydrogens is 267 g/mol. The molecule has 1 aromatic rings. The van der Waals surface area contributed by atoms with E-state index in [1.807, 2.05) is 0 Å². The fraction of sp³-hybridized carbons (Fsp3) is 0.333. The Morgan fingerprint density at radius 3 is 2.35 bits per heavy atom. The van der Waals surface area contributed by atoms with Crippen molar-refractivity contribution >= 4 is 11.6 Å². The molecule has 0 amide bonds. The zero-order valence-electron chi connectivity index (χ0n) is 8.02. The molecule has 0 radical (unpaired) electrons. The molecule has 0 spiro atoms. The predicted octanol–water partition coefficient (Wildman–Crippen LogP) is 3.65. The van der Waals surface area contributed by atoms with E-state index in [0.717, 1.165) is 0 Å². The van der Waals surface area contributed by atoms with Crippen molar-refractivity contribution in [1.82, 2.24) is 4.98 Å². The van der Waals surface area contributed by atoms with Crippen molar-refractivity contribution in [3.8, 4) is 6.07 Å². The van der Waals surface area contributed by atoms with Gasteiger partial charge in [0.1, 0.15) is 5.69 Å².